The Morgan fingerprint density at radius 1 is 1.25 bits per heavy atom. The van der Waals surface area contributed by atoms with Gasteiger partial charge in [0, 0.05) is 0 Å². The molecule has 16 heavy (non-hydrogen) atoms. The third kappa shape index (κ3) is 3.62. The first-order valence-corrected chi connectivity index (χ1v) is 6.53. The van der Waals surface area contributed by atoms with Crippen molar-refractivity contribution in [2.75, 3.05) is 5.75 Å². The molecule has 0 saturated carbocycles. The van der Waals surface area contributed by atoms with Gasteiger partial charge in [-0.25, -0.2) is 8.42 Å². The molecule has 0 radical (unpaired) electrons. The van der Waals surface area contributed by atoms with Gasteiger partial charge in [0.15, 0.2) is 15.6 Å². The molecule has 0 heterocycles. The van der Waals surface area contributed by atoms with Gasteiger partial charge in [0.05, 0.1) is 10.6 Å². The van der Waals surface area contributed by atoms with E-state index in [1.807, 2.05) is 6.92 Å². The van der Waals surface area contributed by atoms with Gasteiger partial charge in [0.25, 0.3) is 0 Å². The maximum atomic E-state index is 11.8. The van der Waals surface area contributed by atoms with Crippen molar-refractivity contribution >= 4 is 15.6 Å². The Kier molecular flexibility index (Phi) is 4.01. The first-order chi connectivity index (χ1) is 7.42. The van der Waals surface area contributed by atoms with E-state index < -0.39 is 9.84 Å². The average Bonchev–Trinajstić information content (AvgIpc) is 2.17. The van der Waals surface area contributed by atoms with Gasteiger partial charge in [-0.05, 0) is 32.1 Å². The van der Waals surface area contributed by atoms with Gasteiger partial charge in [0.1, 0.15) is 0 Å². The van der Waals surface area contributed by atoms with Crippen molar-refractivity contribution in [1.29, 1.82) is 0 Å². The molecule has 3 nitrogen and oxygen atoms in total. The fourth-order valence-electron chi connectivity index (χ4n) is 1.18. The molecule has 4 heteroatoms. The van der Waals surface area contributed by atoms with E-state index in [-0.39, 0.29) is 16.4 Å². The summed E-state index contributed by atoms with van der Waals surface area (Å²) in [5.41, 5.74) is 1.01. The second-order valence-electron chi connectivity index (χ2n) is 3.61. The topological polar surface area (TPSA) is 51.2 Å². The van der Waals surface area contributed by atoms with Gasteiger partial charge in [-0.1, -0.05) is 23.8 Å². The summed E-state index contributed by atoms with van der Waals surface area (Å²) < 4.78 is 23.5. The number of carbonyl (C=O) groups excluding carboxylic acids is 1. The Morgan fingerprint density at radius 3 is 2.31 bits per heavy atom. The van der Waals surface area contributed by atoms with Crippen molar-refractivity contribution in [3.63, 3.8) is 0 Å². The molecule has 0 saturated heterocycles. The maximum Gasteiger partial charge on any atom is 0.181 e. The highest BCUT2D eigenvalue weighted by atomic mass is 32.2. The highest BCUT2D eigenvalue weighted by Crippen LogP contribution is 2.12. The quantitative estimate of drug-likeness (QED) is 0.753. The van der Waals surface area contributed by atoms with Gasteiger partial charge in [0.2, 0.25) is 0 Å². The normalized spacial score (nSPS) is 11.9. The molecule has 0 aromatic heterocycles. The van der Waals surface area contributed by atoms with E-state index in [9.17, 15) is 13.2 Å². The third-order valence-electron chi connectivity index (χ3n) is 2.05. The fourth-order valence-corrected chi connectivity index (χ4v) is 2.28. The zero-order valence-electron chi connectivity index (χ0n) is 9.30. The molecule has 1 aromatic rings. The molecule has 0 aliphatic heterocycles. The number of sulfone groups is 1. The van der Waals surface area contributed by atoms with Crippen molar-refractivity contribution in [2.24, 2.45) is 0 Å². The lowest BCUT2D eigenvalue weighted by Crippen LogP contribution is -2.04. The van der Waals surface area contributed by atoms with Crippen molar-refractivity contribution in [2.45, 2.75) is 18.7 Å². The predicted molar refractivity (Wildman–Crippen MR) is 63.1 cm³/mol. The van der Waals surface area contributed by atoms with Gasteiger partial charge < -0.3 is 0 Å². The molecule has 0 bridgehead atoms. The summed E-state index contributed by atoms with van der Waals surface area (Å²) in [4.78, 5) is 10.9. The molecule has 0 unspecified atom stereocenters. The number of hydrogen-bond donors (Lipinski definition) is 0. The van der Waals surface area contributed by atoms with Crippen LogP contribution in [0.1, 0.15) is 12.5 Å². The Labute approximate surface area is 95.7 Å². The van der Waals surface area contributed by atoms with Crippen LogP contribution < -0.4 is 0 Å². The number of ketones is 1. The monoisotopic (exact) mass is 238 g/mol. The van der Waals surface area contributed by atoms with Gasteiger partial charge in [-0.2, -0.15) is 0 Å². The molecule has 0 spiro atoms. The molecule has 1 aromatic carbocycles. The number of rotatable bonds is 4. The van der Waals surface area contributed by atoms with E-state index in [2.05, 4.69) is 0 Å². The minimum absolute atomic E-state index is 0.143. The van der Waals surface area contributed by atoms with Crippen LogP contribution in [0.2, 0.25) is 0 Å². The zero-order chi connectivity index (χ0) is 12.2. The summed E-state index contributed by atoms with van der Waals surface area (Å²) in [6.07, 6.45) is 2.64. The van der Waals surface area contributed by atoms with E-state index in [0.717, 1.165) is 5.56 Å². The SMILES string of the molecule is CC(=O)/C=C/CS(=O)(=O)c1ccc(C)cc1. The molecule has 0 aliphatic rings. The van der Waals surface area contributed by atoms with E-state index >= 15 is 0 Å². The van der Waals surface area contributed by atoms with Crippen molar-refractivity contribution in [3.05, 3.63) is 42.0 Å². The second kappa shape index (κ2) is 5.07. The van der Waals surface area contributed by atoms with Crippen LogP contribution in [0.3, 0.4) is 0 Å². The van der Waals surface area contributed by atoms with Crippen LogP contribution in [0.5, 0.6) is 0 Å². The van der Waals surface area contributed by atoms with Crippen LogP contribution in [0.25, 0.3) is 0 Å². The lowest BCUT2D eigenvalue weighted by molar-refractivity contribution is -0.112. The number of hydrogen-bond acceptors (Lipinski definition) is 3. The van der Waals surface area contributed by atoms with Crippen LogP contribution in [0.15, 0.2) is 41.3 Å². The molecular weight excluding hydrogens is 224 g/mol. The molecule has 0 atom stereocenters. The van der Waals surface area contributed by atoms with Crippen molar-refractivity contribution in [1.82, 2.24) is 0 Å². The Bertz CT molecular complexity index is 496. The average molecular weight is 238 g/mol. The highest BCUT2D eigenvalue weighted by molar-refractivity contribution is 7.91. The van der Waals surface area contributed by atoms with Crippen LogP contribution >= 0.6 is 0 Å². The molecule has 0 fully saturated rings. The zero-order valence-corrected chi connectivity index (χ0v) is 10.1. The fraction of sp³-hybridized carbons (Fsp3) is 0.250. The molecule has 0 N–H and O–H groups in total. The summed E-state index contributed by atoms with van der Waals surface area (Å²) in [5, 5.41) is 0. The summed E-state index contributed by atoms with van der Waals surface area (Å²) in [5.74, 6) is -0.297. The van der Waals surface area contributed by atoms with Gasteiger partial charge in [-0.15, -0.1) is 0 Å². The van der Waals surface area contributed by atoms with Gasteiger partial charge >= 0.3 is 0 Å². The molecule has 86 valence electrons. The van der Waals surface area contributed by atoms with Crippen LogP contribution in [0.4, 0.5) is 0 Å². The van der Waals surface area contributed by atoms with E-state index in [4.69, 9.17) is 0 Å². The predicted octanol–water partition coefficient (Wildman–Crippen LogP) is 1.91. The first-order valence-electron chi connectivity index (χ1n) is 4.88. The number of allylic oxidation sites excluding steroid dienone is 1. The minimum Gasteiger partial charge on any atom is -0.295 e. The largest absolute Gasteiger partial charge is 0.295 e. The van der Waals surface area contributed by atoms with E-state index in [0.29, 0.717) is 0 Å². The minimum atomic E-state index is -3.31. The molecule has 1 rings (SSSR count). The van der Waals surface area contributed by atoms with Crippen LogP contribution in [-0.4, -0.2) is 20.0 Å². The summed E-state index contributed by atoms with van der Waals surface area (Å²) in [6.45, 7) is 3.28. The smallest absolute Gasteiger partial charge is 0.181 e. The Hall–Kier alpha value is -1.42. The summed E-state index contributed by atoms with van der Waals surface area (Å²) in [7, 11) is -3.31. The second-order valence-corrected chi connectivity index (χ2v) is 5.64. The molecular formula is C12H14O3S. The molecule has 0 amide bonds. The summed E-state index contributed by atoms with van der Waals surface area (Å²) in [6, 6.07) is 6.65. The highest BCUT2D eigenvalue weighted by Gasteiger charge is 2.11. The Morgan fingerprint density at radius 2 is 1.81 bits per heavy atom. The molecule has 0 aliphatic carbocycles. The van der Waals surface area contributed by atoms with E-state index in [1.54, 1.807) is 24.3 Å². The first kappa shape index (κ1) is 12.6. The lowest BCUT2D eigenvalue weighted by atomic mass is 10.2. The number of carbonyl (C=O) groups is 1. The number of aryl methyl sites for hydroxylation is 1. The third-order valence-corrected chi connectivity index (χ3v) is 3.67. The summed E-state index contributed by atoms with van der Waals surface area (Å²) >= 11 is 0. The Balaban J connectivity index is 2.86. The number of benzene rings is 1. The maximum absolute atomic E-state index is 11.8. The van der Waals surface area contributed by atoms with E-state index in [1.165, 1.54) is 19.1 Å². The lowest BCUT2D eigenvalue weighted by Gasteiger charge is -2.01. The van der Waals surface area contributed by atoms with Gasteiger partial charge in [-0.3, -0.25) is 4.79 Å². The standard InChI is InChI=1S/C12H14O3S/c1-10-5-7-12(8-6-10)16(14,15)9-3-4-11(2)13/h3-8H,9H2,1-2H3/b4-3+. The van der Waals surface area contributed by atoms with Crippen molar-refractivity contribution < 1.29 is 13.2 Å². The van der Waals surface area contributed by atoms with Crippen LogP contribution in [-0.2, 0) is 14.6 Å². The van der Waals surface area contributed by atoms with Crippen molar-refractivity contribution in [3.8, 4) is 0 Å². The van der Waals surface area contributed by atoms with Crippen LogP contribution in [0, 0.1) is 6.92 Å².